The van der Waals surface area contributed by atoms with Gasteiger partial charge in [-0.05, 0) is 41.5 Å². The van der Waals surface area contributed by atoms with Crippen molar-refractivity contribution in [3.05, 3.63) is 112 Å². The van der Waals surface area contributed by atoms with Crippen LogP contribution in [-0.4, -0.2) is 16.3 Å². The van der Waals surface area contributed by atoms with Gasteiger partial charge in [-0.2, -0.15) is 18.4 Å². The van der Waals surface area contributed by atoms with Crippen LogP contribution < -0.4 is 4.74 Å². The first-order chi connectivity index (χ1) is 17.8. The van der Waals surface area contributed by atoms with Gasteiger partial charge in [0.1, 0.15) is 18.4 Å². The molecule has 0 saturated heterocycles. The highest BCUT2D eigenvalue weighted by atomic mass is 35.5. The fourth-order valence-corrected chi connectivity index (χ4v) is 3.80. The number of pyridine rings is 2. The molecule has 2 aromatic carbocycles. The summed E-state index contributed by atoms with van der Waals surface area (Å²) in [6.45, 7) is -0.248. The molecule has 0 aliphatic rings. The van der Waals surface area contributed by atoms with Gasteiger partial charge in [0.05, 0.1) is 22.4 Å². The lowest BCUT2D eigenvalue weighted by Crippen LogP contribution is -2.07. The van der Waals surface area contributed by atoms with E-state index >= 15 is 0 Å². The summed E-state index contributed by atoms with van der Waals surface area (Å²) in [7, 11) is 0. The van der Waals surface area contributed by atoms with Gasteiger partial charge in [0, 0.05) is 34.7 Å². The maximum atomic E-state index is 13.0. The van der Waals surface area contributed by atoms with Crippen LogP contribution in [0.1, 0.15) is 38.3 Å². The molecule has 0 aliphatic carbocycles. The van der Waals surface area contributed by atoms with E-state index in [0.717, 1.165) is 23.4 Å². The molecule has 0 aliphatic heterocycles. The third-order valence-electron chi connectivity index (χ3n) is 5.37. The van der Waals surface area contributed by atoms with Crippen molar-refractivity contribution in [1.29, 1.82) is 5.26 Å². The number of carbonyl (C=O) groups excluding carboxylic acids is 1. The quantitative estimate of drug-likeness (QED) is 0.240. The van der Waals surface area contributed by atoms with E-state index in [2.05, 4.69) is 16.0 Å². The number of aldehydes is 1. The highest BCUT2D eigenvalue weighted by Crippen LogP contribution is 2.31. The number of benzene rings is 2. The van der Waals surface area contributed by atoms with Crippen molar-refractivity contribution < 1.29 is 22.7 Å². The lowest BCUT2D eigenvalue weighted by Gasteiger charge is -2.12. The Bertz CT molecular complexity index is 1510. The Morgan fingerprint density at radius 1 is 1.03 bits per heavy atom. The second-order valence-corrected chi connectivity index (χ2v) is 8.23. The van der Waals surface area contributed by atoms with Crippen LogP contribution in [0.25, 0.3) is 23.3 Å². The van der Waals surface area contributed by atoms with Crippen molar-refractivity contribution in [3.8, 4) is 22.9 Å². The average molecular weight is 520 g/mol. The van der Waals surface area contributed by atoms with Gasteiger partial charge in [-0.3, -0.25) is 14.8 Å². The second kappa shape index (κ2) is 11.1. The van der Waals surface area contributed by atoms with Gasteiger partial charge in [0.15, 0.2) is 6.29 Å². The smallest absolute Gasteiger partial charge is 0.417 e. The lowest BCUT2D eigenvalue weighted by atomic mass is 9.99. The van der Waals surface area contributed by atoms with Crippen molar-refractivity contribution >= 4 is 30.0 Å². The highest BCUT2D eigenvalue weighted by Gasteiger charge is 2.31. The van der Waals surface area contributed by atoms with Gasteiger partial charge in [0.2, 0.25) is 0 Å². The van der Waals surface area contributed by atoms with Crippen LogP contribution >= 0.6 is 11.6 Å². The second-order valence-electron chi connectivity index (χ2n) is 7.83. The zero-order valence-corrected chi connectivity index (χ0v) is 19.8. The minimum atomic E-state index is -4.54. The van der Waals surface area contributed by atoms with Gasteiger partial charge in [0.25, 0.3) is 0 Å². The van der Waals surface area contributed by atoms with Gasteiger partial charge >= 0.3 is 6.18 Å². The lowest BCUT2D eigenvalue weighted by molar-refractivity contribution is -0.137. The van der Waals surface area contributed by atoms with Gasteiger partial charge in [-0.15, -0.1) is 0 Å². The Kier molecular flexibility index (Phi) is 7.66. The van der Waals surface area contributed by atoms with Crippen molar-refractivity contribution in [2.45, 2.75) is 12.8 Å². The summed E-state index contributed by atoms with van der Waals surface area (Å²) in [4.78, 5) is 19.5. The van der Waals surface area contributed by atoms with Crippen molar-refractivity contribution in [2.75, 3.05) is 0 Å². The average Bonchev–Trinajstić information content (AvgIpc) is 2.91. The van der Waals surface area contributed by atoms with Crippen LogP contribution in [0.4, 0.5) is 13.2 Å². The van der Waals surface area contributed by atoms with E-state index in [1.807, 2.05) is 30.3 Å². The first kappa shape index (κ1) is 25.6. The van der Waals surface area contributed by atoms with E-state index < -0.39 is 11.7 Å². The fourth-order valence-electron chi connectivity index (χ4n) is 3.56. The van der Waals surface area contributed by atoms with E-state index in [4.69, 9.17) is 16.3 Å². The summed E-state index contributed by atoms with van der Waals surface area (Å²) < 4.78 is 44.6. The zero-order chi connectivity index (χ0) is 26.4. The first-order valence-electron chi connectivity index (χ1n) is 10.9. The molecular formula is C28H17ClF3N3O2. The maximum absolute atomic E-state index is 13.0. The molecule has 5 nitrogen and oxygen atoms in total. The number of hydrogen-bond acceptors (Lipinski definition) is 5. The molecule has 2 heterocycles. The van der Waals surface area contributed by atoms with Crippen LogP contribution in [0.2, 0.25) is 5.02 Å². The molecule has 4 aromatic rings. The van der Waals surface area contributed by atoms with Gasteiger partial charge in [-0.1, -0.05) is 48.0 Å². The molecule has 0 radical (unpaired) electrons. The summed E-state index contributed by atoms with van der Waals surface area (Å²) in [5.74, 6) is 0.128. The molecule has 4 rings (SSSR count). The number of nitrogens with zero attached hydrogens (tertiary/aromatic N) is 3. The number of ether oxygens (including phenoxy) is 1. The standard InChI is InChI=1S/C28H17ClF3N3O2/c29-25-11-21(16-36)27(37-17-18-10-22(15-34-14-18)28(30,31)32)12-20(25)6-7-26-24(13-33)23(8-9-35-26)19-4-2-1-3-5-19/h1-12,14-16H,17H2. The Morgan fingerprint density at radius 2 is 1.81 bits per heavy atom. The number of aromatic nitrogens is 2. The van der Waals surface area contributed by atoms with E-state index in [1.165, 1.54) is 18.3 Å². The maximum Gasteiger partial charge on any atom is 0.417 e. The zero-order valence-electron chi connectivity index (χ0n) is 19.0. The molecule has 9 heteroatoms. The van der Waals surface area contributed by atoms with E-state index in [1.54, 1.807) is 24.4 Å². The van der Waals surface area contributed by atoms with E-state index in [-0.39, 0.29) is 28.5 Å². The van der Waals surface area contributed by atoms with Crippen LogP contribution in [0.15, 0.2) is 73.2 Å². The molecule has 184 valence electrons. The monoisotopic (exact) mass is 519 g/mol. The van der Waals surface area contributed by atoms with E-state index in [9.17, 15) is 23.2 Å². The summed E-state index contributed by atoms with van der Waals surface area (Å²) in [6, 6.07) is 17.2. The van der Waals surface area contributed by atoms with Crippen LogP contribution in [-0.2, 0) is 12.8 Å². The highest BCUT2D eigenvalue weighted by molar-refractivity contribution is 6.32. The van der Waals surface area contributed by atoms with Crippen LogP contribution in [0.5, 0.6) is 5.75 Å². The van der Waals surface area contributed by atoms with Crippen molar-refractivity contribution in [3.63, 3.8) is 0 Å². The Balaban J connectivity index is 1.63. The summed E-state index contributed by atoms with van der Waals surface area (Å²) in [6.07, 6.45) is 2.81. The third-order valence-corrected chi connectivity index (χ3v) is 5.70. The molecular weight excluding hydrogens is 503 g/mol. The number of nitriles is 1. The Labute approximate surface area is 215 Å². The number of hydrogen-bond donors (Lipinski definition) is 0. The first-order valence-corrected chi connectivity index (χ1v) is 11.2. The molecule has 2 aromatic heterocycles. The Morgan fingerprint density at radius 3 is 2.51 bits per heavy atom. The normalized spacial score (nSPS) is 11.3. The van der Waals surface area contributed by atoms with Gasteiger partial charge < -0.3 is 4.74 Å². The number of alkyl halides is 3. The molecule has 37 heavy (non-hydrogen) atoms. The van der Waals surface area contributed by atoms with Gasteiger partial charge in [-0.25, -0.2) is 0 Å². The molecule has 0 atom stereocenters. The predicted molar refractivity (Wildman–Crippen MR) is 134 cm³/mol. The number of rotatable bonds is 7. The number of halogens is 4. The molecule has 0 bridgehead atoms. The molecule has 0 amide bonds. The molecule has 0 fully saturated rings. The minimum Gasteiger partial charge on any atom is -0.488 e. The molecule has 0 unspecified atom stereocenters. The van der Waals surface area contributed by atoms with Crippen molar-refractivity contribution in [1.82, 2.24) is 9.97 Å². The molecule has 0 saturated carbocycles. The molecule has 0 N–H and O–H groups in total. The summed E-state index contributed by atoms with van der Waals surface area (Å²) in [5.41, 5.74) is 2.24. The minimum absolute atomic E-state index is 0.128. The van der Waals surface area contributed by atoms with Crippen LogP contribution in [0.3, 0.4) is 0 Å². The SMILES string of the molecule is N#Cc1c(-c2ccccc2)ccnc1C=Cc1cc(OCc2cncc(C(F)(F)F)c2)c(C=O)cc1Cl. The van der Waals surface area contributed by atoms with Crippen LogP contribution in [0, 0.1) is 11.3 Å². The predicted octanol–water partition coefficient (Wildman–Crippen LogP) is 7.25. The van der Waals surface area contributed by atoms with E-state index in [0.29, 0.717) is 23.1 Å². The Hall–Kier alpha value is -4.48. The largest absolute Gasteiger partial charge is 0.488 e. The number of carbonyl (C=O) groups is 1. The summed E-state index contributed by atoms with van der Waals surface area (Å²) in [5, 5.41) is 10.0. The topological polar surface area (TPSA) is 75.9 Å². The van der Waals surface area contributed by atoms with Crippen molar-refractivity contribution in [2.24, 2.45) is 0 Å². The molecule has 0 spiro atoms. The fraction of sp³-hybridized carbons (Fsp3) is 0.0714. The third kappa shape index (κ3) is 6.02. The summed E-state index contributed by atoms with van der Waals surface area (Å²) >= 11 is 6.35.